The summed E-state index contributed by atoms with van der Waals surface area (Å²) >= 11 is 0. The average molecular weight is 367 g/mol. The molecule has 0 atom stereocenters. The van der Waals surface area contributed by atoms with Crippen LogP contribution in [-0.2, 0) is 20.9 Å². The van der Waals surface area contributed by atoms with Crippen molar-refractivity contribution in [3.05, 3.63) is 71.3 Å². The van der Waals surface area contributed by atoms with E-state index < -0.39 is 5.97 Å². The Kier molecular flexibility index (Phi) is 7.62. The van der Waals surface area contributed by atoms with Gasteiger partial charge in [-0.25, -0.2) is 4.79 Å². The van der Waals surface area contributed by atoms with E-state index in [-0.39, 0.29) is 12.5 Å². The number of esters is 1. The summed E-state index contributed by atoms with van der Waals surface area (Å²) in [7, 11) is 1.69. The molecular formula is C22H25NO4. The van der Waals surface area contributed by atoms with Crippen LogP contribution in [0.1, 0.15) is 23.6 Å². The van der Waals surface area contributed by atoms with Gasteiger partial charge in [0.25, 0.3) is 5.91 Å². The number of benzene rings is 2. The van der Waals surface area contributed by atoms with Crippen molar-refractivity contribution < 1.29 is 19.1 Å². The van der Waals surface area contributed by atoms with E-state index in [1.54, 1.807) is 13.1 Å². The predicted molar refractivity (Wildman–Crippen MR) is 105 cm³/mol. The van der Waals surface area contributed by atoms with Crippen LogP contribution in [0, 0.1) is 6.92 Å². The number of nitrogens with zero attached hydrogens (tertiary/aromatic N) is 1. The lowest BCUT2D eigenvalue weighted by Crippen LogP contribution is -2.30. The van der Waals surface area contributed by atoms with Crippen LogP contribution in [0.3, 0.4) is 0 Å². The Labute approximate surface area is 160 Å². The molecular weight excluding hydrogens is 342 g/mol. The van der Waals surface area contributed by atoms with Crippen molar-refractivity contribution in [3.8, 4) is 5.75 Å². The van der Waals surface area contributed by atoms with Gasteiger partial charge in [0.05, 0.1) is 6.61 Å². The standard InChI is InChI=1S/C22H25NO4/c1-4-26-20-12-9-18(10-13-20)11-14-22(25)27-16-21(24)23(3)15-19-7-5-17(2)6-8-19/h5-14H,4,15-16H2,1-3H3/b14-11+. The van der Waals surface area contributed by atoms with E-state index >= 15 is 0 Å². The van der Waals surface area contributed by atoms with Crippen LogP contribution in [0.15, 0.2) is 54.6 Å². The molecule has 0 radical (unpaired) electrons. The van der Waals surface area contributed by atoms with Crippen molar-refractivity contribution >= 4 is 18.0 Å². The third-order valence-electron chi connectivity index (χ3n) is 3.91. The van der Waals surface area contributed by atoms with Crippen LogP contribution in [-0.4, -0.2) is 37.0 Å². The lowest BCUT2D eigenvalue weighted by Gasteiger charge is -2.17. The van der Waals surface area contributed by atoms with E-state index in [0.717, 1.165) is 16.9 Å². The lowest BCUT2D eigenvalue weighted by atomic mass is 10.1. The van der Waals surface area contributed by atoms with Gasteiger partial charge in [0, 0.05) is 19.7 Å². The fraction of sp³-hybridized carbons (Fsp3) is 0.273. The molecule has 0 saturated heterocycles. The molecule has 0 bridgehead atoms. The Morgan fingerprint density at radius 3 is 2.33 bits per heavy atom. The molecule has 0 unspecified atom stereocenters. The largest absolute Gasteiger partial charge is 0.494 e. The molecule has 0 saturated carbocycles. The number of aryl methyl sites for hydroxylation is 1. The Hall–Kier alpha value is -3.08. The first-order chi connectivity index (χ1) is 13.0. The van der Waals surface area contributed by atoms with E-state index in [1.807, 2.05) is 62.4 Å². The molecule has 0 aromatic heterocycles. The number of ether oxygens (including phenoxy) is 2. The highest BCUT2D eigenvalue weighted by Gasteiger charge is 2.11. The van der Waals surface area contributed by atoms with Crippen LogP contribution in [0.5, 0.6) is 5.75 Å². The minimum atomic E-state index is -0.555. The highest BCUT2D eigenvalue weighted by Crippen LogP contribution is 2.13. The fourth-order valence-corrected chi connectivity index (χ4v) is 2.35. The molecule has 0 aliphatic heterocycles. The van der Waals surface area contributed by atoms with Crippen LogP contribution in [0.2, 0.25) is 0 Å². The molecule has 0 heterocycles. The van der Waals surface area contributed by atoms with Crippen LogP contribution < -0.4 is 4.74 Å². The molecule has 2 rings (SSSR count). The molecule has 5 heteroatoms. The molecule has 0 spiro atoms. The quantitative estimate of drug-likeness (QED) is 0.528. The maximum atomic E-state index is 12.1. The van der Waals surface area contributed by atoms with Gasteiger partial charge < -0.3 is 14.4 Å². The van der Waals surface area contributed by atoms with Crippen LogP contribution in [0.25, 0.3) is 6.08 Å². The van der Waals surface area contributed by atoms with Crippen molar-refractivity contribution in [2.24, 2.45) is 0 Å². The zero-order valence-electron chi connectivity index (χ0n) is 16.0. The lowest BCUT2D eigenvalue weighted by molar-refractivity contribution is -0.147. The Morgan fingerprint density at radius 2 is 1.70 bits per heavy atom. The fourth-order valence-electron chi connectivity index (χ4n) is 2.35. The number of likely N-dealkylation sites (N-methyl/N-ethyl adjacent to an activating group) is 1. The number of carbonyl (C=O) groups is 2. The van der Waals surface area contributed by atoms with Gasteiger partial charge in [-0.05, 0) is 43.2 Å². The van der Waals surface area contributed by atoms with Crippen molar-refractivity contribution in [3.63, 3.8) is 0 Å². The van der Waals surface area contributed by atoms with Gasteiger partial charge in [0.1, 0.15) is 5.75 Å². The second-order valence-electron chi connectivity index (χ2n) is 6.18. The average Bonchev–Trinajstić information content (AvgIpc) is 2.67. The van der Waals surface area contributed by atoms with Crippen molar-refractivity contribution in [1.82, 2.24) is 4.90 Å². The molecule has 0 N–H and O–H groups in total. The highest BCUT2D eigenvalue weighted by atomic mass is 16.5. The maximum Gasteiger partial charge on any atom is 0.331 e. The smallest absolute Gasteiger partial charge is 0.331 e. The first kappa shape index (κ1) is 20.2. The minimum absolute atomic E-state index is 0.251. The molecule has 1 amide bonds. The topological polar surface area (TPSA) is 55.8 Å². The number of carbonyl (C=O) groups excluding carboxylic acids is 2. The second kappa shape index (κ2) is 10.2. The molecule has 0 fully saturated rings. The summed E-state index contributed by atoms with van der Waals surface area (Å²) in [5, 5.41) is 0. The number of hydrogen-bond donors (Lipinski definition) is 0. The van der Waals surface area contributed by atoms with Crippen molar-refractivity contribution in [2.45, 2.75) is 20.4 Å². The molecule has 142 valence electrons. The molecule has 2 aromatic rings. The predicted octanol–water partition coefficient (Wildman–Crippen LogP) is 3.61. The molecule has 5 nitrogen and oxygen atoms in total. The first-order valence-corrected chi connectivity index (χ1v) is 8.85. The van der Waals surface area contributed by atoms with Gasteiger partial charge in [0.2, 0.25) is 0 Å². The normalized spacial score (nSPS) is 10.6. The first-order valence-electron chi connectivity index (χ1n) is 8.85. The van der Waals surface area contributed by atoms with Gasteiger partial charge in [-0.1, -0.05) is 42.0 Å². The monoisotopic (exact) mass is 367 g/mol. The van der Waals surface area contributed by atoms with Gasteiger partial charge in [-0.3, -0.25) is 4.79 Å². The summed E-state index contributed by atoms with van der Waals surface area (Å²) in [5.41, 5.74) is 3.04. The Bertz CT molecular complexity index is 779. The second-order valence-corrected chi connectivity index (χ2v) is 6.18. The van der Waals surface area contributed by atoms with Gasteiger partial charge >= 0.3 is 5.97 Å². The summed E-state index contributed by atoms with van der Waals surface area (Å²) in [5.74, 6) is -0.0289. The molecule has 0 aliphatic rings. The van der Waals surface area contributed by atoms with Crippen molar-refractivity contribution in [1.29, 1.82) is 0 Å². The van der Waals surface area contributed by atoms with Crippen LogP contribution in [0.4, 0.5) is 0 Å². The van der Waals surface area contributed by atoms with E-state index in [4.69, 9.17) is 9.47 Å². The Morgan fingerprint density at radius 1 is 1.04 bits per heavy atom. The van der Waals surface area contributed by atoms with E-state index in [2.05, 4.69) is 0 Å². The number of amides is 1. The highest BCUT2D eigenvalue weighted by molar-refractivity contribution is 5.89. The van der Waals surface area contributed by atoms with E-state index in [0.29, 0.717) is 13.2 Å². The SMILES string of the molecule is CCOc1ccc(/C=C/C(=O)OCC(=O)N(C)Cc2ccc(C)cc2)cc1. The zero-order valence-corrected chi connectivity index (χ0v) is 16.0. The third-order valence-corrected chi connectivity index (χ3v) is 3.91. The van der Waals surface area contributed by atoms with Gasteiger partial charge in [0.15, 0.2) is 6.61 Å². The van der Waals surface area contributed by atoms with Gasteiger partial charge in [-0.15, -0.1) is 0 Å². The Balaban J connectivity index is 1.78. The summed E-state index contributed by atoms with van der Waals surface area (Å²) in [6, 6.07) is 15.3. The van der Waals surface area contributed by atoms with Gasteiger partial charge in [-0.2, -0.15) is 0 Å². The molecule has 27 heavy (non-hydrogen) atoms. The summed E-state index contributed by atoms with van der Waals surface area (Å²) < 4.78 is 10.4. The number of rotatable bonds is 8. The summed E-state index contributed by atoms with van der Waals surface area (Å²) in [6.07, 6.45) is 2.95. The zero-order chi connectivity index (χ0) is 19.6. The van der Waals surface area contributed by atoms with E-state index in [9.17, 15) is 9.59 Å². The summed E-state index contributed by atoms with van der Waals surface area (Å²) in [6.45, 7) is 4.73. The summed E-state index contributed by atoms with van der Waals surface area (Å²) in [4.78, 5) is 25.4. The molecule has 0 aliphatic carbocycles. The van der Waals surface area contributed by atoms with Crippen LogP contribution >= 0.6 is 0 Å². The maximum absolute atomic E-state index is 12.1. The minimum Gasteiger partial charge on any atom is -0.494 e. The van der Waals surface area contributed by atoms with E-state index in [1.165, 1.54) is 16.5 Å². The number of hydrogen-bond acceptors (Lipinski definition) is 4. The van der Waals surface area contributed by atoms with Crippen molar-refractivity contribution in [2.75, 3.05) is 20.3 Å². The molecule has 2 aromatic carbocycles. The third kappa shape index (κ3) is 6.98.